The van der Waals surface area contributed by atoms with Gasteiger partial charge in [-0.25, -0.2) is 9.97 Å². The molecule has 17 heavy (non-hydrogen) atoms. The van der Waals surface area contributed by atoms with Gasteiger partial charge >= 0.3 is 0 Å². The summed E-state index contributed by atoms with van der Waals surface area (Å²) in [5, 5.41) is 4.24. The smallest absolute Gasteiger partial charge is 0.223 e. The number of terminal acetylenes is 1. The van der Waals surface area contributed by atoms with Gasteiger partial charge in [0, 0.05) is 23.9 Å². The Morgan fingerprint density at radius 2 is 2.24 bits per heavy atom. The van der Waals surface area contributed by atoms with E-state index in [1.54, 1.807) is 11.8 Å². The van der Waals surface area contributed by atoms with Crippen LogP contribution in [0.2, 0.25) is 0 Å². The number of nitrogens with zero attached hydrogens (tertiary/aromatic N) is 2. The standard InChI is InChI=1S/C13H13N3S/c1-2-8-17-9-7-14-13-15-10-11-5-3-4-6-12(11)16-13/h1,3-6,10H,7-9H2,(H,14,15,16). The van der Waals surface area contributed by atoms with Crippen molar-refractivity contribution in [1.82, 2.24) is 9.97 Å². The first-order valence-electron chi connectivity index (χ1n) is 5.37. The van der Waals surface area contributed by atoms with Crippen LogP contribution in [0.15, 0.2) is 30.5 Å². The Labute approximate surface area is 105 Å². The predicted molar refractivity (Wildman–Crippen MR) is 74.2 cm³/mol. The molecule has 0 bridgehead atoms. The van der Waals surface area contributed by atoms with Gasteiger partial charge in [0.05, 0.1) is 11.3 Å². The number of para-hydroxylation sites is 1. The van der Waals surface area contributed by atoms with Crippen molar-refractivity contribution in [1.29, 1.82) is 0 Å². The third-order valence-corrected chi connectivity index (χ3v) is 3.07. The number of fused-ring (bicyclic) bond motifs is 1. The molecule has 0 saturated carbocycles. The molecule has 2 rings (SSSR count). The average Bonchev–Trinajstić information content (AvgIpc) is 2.38. The number of aromatic nitrogens is 2. The lowest BCUT2D eigenvalue weighted by atomic mass is 10.2. The fourth-order valence-electron chi connectivity index (χ4n) is 1.42. The highest BCUT2D eigenvalue weighted by Crippen LogP contribution is 2.11. The van der Waals surface area contributed by atoms with E-state index < -0.39 is 0 Å². The summed E-state index contributed by atoms with van der Waals surface area (Å²) in [5.41, 5.74) is 0.960. The first-order valence-corrected chi connectivity index (χ1v) is 6.52. The minimum Gasteiger partial charge on any atom is -0.353 e. The Bertz CT molecular complexity index is 533. The van der Waals surface area contributed by atoms with Crippen LogP contribution in [-0.4, -0.2) is 28.0 Å². The fourth-order valence-corrected chi connectivity index (χ4v) is 1.93. The molecule has 0 aliphatic heterocycles. The van der Waals surface area contributed by atoms with Gasteiger partial charge in [0.25, 0.3) is 0 Å². The lowest BCUT2D eigenvalue weighted by molar-refractivity contribution is 1.12. The van der Waals surface area contributed by atoms with Crippen LogP contribution >= 0.6 is 11.8 Å². The second-order valence-corrected chi connectivity index (χ2v) is 4.54. The van der Waals surface area contributed by atoms with Crippen molar-refractivity contribution in [2.75, 3.05) is 23.4 Å². The molecule has 0 spiro atoms. The highest BCUT2D eigenvalue weighted by molar-refractivity contribution is 7.99. The molecule has 2 aromatic rings. The summed E-state index contributed by atoms with van der Waals surface area (Å²) in [6.45, 7) is 0.824. The minimum atomic E-state index is 0.671. The van der Waals surface area contributed by atoms with Crippen molar-refractivity contribution in [2.45, 2.75) is 0 Å². The topological polar surface area (TPSA) is 37.8 Å². The van der Waals surface area contributed by atoms with E-state index in [4.69, 9.17) is 6.42 Å². The Hall–Kier alpha value is -1.73. The summed E-state index contributed by atoms with van der Waals surface area (Å²) < 4.78 is 0. The minimum absolute atomic E-state index is 0.671. The van der Waals surface area contributed by atoms with Crippen molar-refractivity contribution >= 4 is 28.6 Å². The Morgan fingerprint density at radius 1 is 1.35 bits per heavy atom. The number of benzene rings is 1. The Morgan fingerprint density at radius 3 is 3.12 bits per heavy atom. The molecular weight excluding hydrogens is 230 g/mol. The van der Waals surface area contributed by atoms with Gasteiger partial charge in [0.15, 0.2) is 0 Å². The molecule has 0 amide bonds. The van der Waals surface area contributed by atoms with Crippen LogP contribution in [0.5, 0.6) is 0 Å². The molecule has 0 unspecified atom stereocenters. The molecule has 3 nitrogen and oxygen atoms in total. The average molecular weight is 243 g/mol. The number of rotatable bonds is 5. The van der Waals surface area contributed by atoms with Crippen LogP contribution < -0.4 is 5.32 Å². The molecule has 0 fully saturated rings. The SMILES string of the molecule is C#CCSCCNc1ncc2ccccc2n1. The van der Waals surface area contributed by atoms with Gasteiger partial charge in [-0.15, -0.1) is 18.2 Å². The molecule has 4 heteroatoms. The van der Waals surface area contributed by atoms with E-state index in [-0.39, 0.29) is 0 Å². The zero-order valence-electron chi connectivity index (χ0n) is 9.39. The molecule has 1 aromatic carbocycles. The number of anilines is 1. The van der Waals surface area contributed by atoms with Gasteiger partial charge in [0.2, 0.25) is 5.95 Å². The first-order chi connectivity index (χ1) is 8.40. The molecule has 0 saturated heterocycles. The van der Waals surface area contributed by atoms with E-state index in [9.17, 15) is 0 Å². The maximum absolute atomic E-state index is 5.17. The van der Waals surface area contributed by atoms with Gasteiger partial charge in [0.1, 0.15) is 0 Å². The lowest BCUT2D eigenvalue weighted by Crippen LogP contribution is -2.07. The molecule has 1 N–H and O–H groups in total. The molecule has 0 aliphatic carbocycles. The molecular formula is C13H13N3S. The van der Waals surface area contributed by atoms with Crippen molar-refractivity contribution in [3.63, 3.8) is 0 Å². The van der Waals surface area contributed by atoms with Crippen molar-refractivity contribution in [2.24, 2.45) is 0 Å². The lowest BCUT2D eigenvalue weighted by Gasteiger charge is -2.04. The maximum Gasteiger partial charge on any atom is 0.223 e. The third-order valence-electron chi connectivity index (χ3n) is 2.20. The van der Waals surface area contributed by atoms with E-state index in [2.05, 4.69) is 21.2 Å². The van der Waals surface area contributed by atoms with Gasteiger partial charge in [-0.2, -0.15) is 0 Å². The predicted octanol–water partition coefficient (Wildman–Crippen LogP) is 2.41. The van der Waals surface area contributed by atoms with Crippen molar-refractivity contribution in [3.05, 3.63) is 30.5 Å². The summed E-state index contributed by atoms with van der Waals surface area (Å²) in [5.74, 6) is 4.97. The normalized spacial score (nSPS) is 10.1. The molecule has 0 radical (unpaired) electrons. The van der Waals surface area contributed by atoms with Crippen LogP contribution in [0, 0.1) is 12.3 Å². The van der Waals surface area contributed by atoms with Crippen LogP contribution in [0.25, 0.3) is 10.9 Å². The van der Waals surface area contributed by atoms with Gasteiger partial charge in [-0.05, 0) is 6.07 Å². The van der Waals surface area contributed by atoms with Gasteiger partial charge in [-0.3, -0.25) is 0 Å². The van der Waals surface area contributed by atoms with Crippen LogP contribution in [0.3, 0.4) is 0 Å². The van der Waals surface area contributed by atoms with Crippen LogP contribution in [-0.2, 0) is 0 Å². The molecule has 0 aliphatic rings. The molecule has 0 atom stereocenters. The van der Waals surface area contributed by atoms with E-state index in [0.717, 1.165) is 29.0 Å². The molecule has 86 valence electrons. The maximum atomic E-state index is 5.17. The third kappa shape index (κ3) is 3.36. The second kappa shape index (κ2) is 6.12. The van der Waals surface area contributed by atoms with Crippen LogP contribution in [0.1, 0.15) is 0 Å². The number of hydrogen-bond acceptors (Lipinski definition) is 4. The zero-order valence-corrected chi connectivity index (χ0v) is 10.2. The summed E-state index contributed by atoms with van der Waals surface area (Å²) in [4.78, 5) is 8.67. The Balaban J connectivity index is 1.93. The second-order valence-electron chi connectivity index (χ2n) is 3.44. The van der Waals surface area contributed by atoms with E-state index >= 15 is 0 Å². The number of hydrogen-bond donors (Lipinski definition) is 1. The highest BCUT2D eigenvalue weighted by atomic mass is 32.2. The highest BCUT2D eigenvalue weighted by Gasteiger charge is 1.98. The fraction of sp³-hybridized carbons (Fsp3) is 0.231. The van der Waals surface area contributed by atoms with E-state index in [1.165, 1.54) is 0 Å². The van der Waals surface area contributed by atoms with E-state index in [0.29, 0.717) is 5.95 Å². The van der Waals surface area contributed by atoms with Crippen molar-refractivity contribution in [3.8, 4) is 12.3 Å². The Kier molecular flexibility index (Phi) is 4.23. The largest absolute Gasteiger partial charge is 0.353 e. The van der Waals surface area contributed by atoms with Crippen LogP contribution in [0.4, 0.5) is 5.95 Å². The monoisotopic (exact) mass is 243 g/mol. The summed E-state index contributed by atoms with van der Waals surface area (Å²) in [6.07, 6.45) is 7.00. The van der Waals surface area contributed by atoms with Gasteiger partial charge in [-0.1, -0.05) is 24.1 Å². The number of nitrogens with one attached hydrogen (secondary N) is 1. The quantitative estimate of drug-likeness (QED) is 0.646. The van der Waals surface area contributed by atoms with E-state index in [1.807, 2.05) is 30.5 Å². The summed E-state index contributed by atoms with van der Waals surface area (Å²) >= 11 is 1.72. The summed E-state index contributed by atoms with van der Waals surface area (Å²) in [6, 6.07) is 7.94. The molecule has 1 heterocycles. The first kappa shape index (κ1) is 11.7. The van der Waals surface area contributed by atoms with Crippen molar-refractivity contribution < 1.29 is 0 Å². The molecule has 1 aromatic heterocycles. The summed E-state index contributed by atoms with van der Waals surface area (Å²) in [7, 11) is 0. The zero-order chi connectivity index (χ0) is 11.9. The van der Waals surface area contributed by atoms with Gasteiger partial charge < -0.3 is 5.32 Å². The number of thioether (sulfide) groups is 1.